The summed E-state index contributed by atoms with van der Waals surface area (Å²) in [6.07, 6.45) is 9.91. The van der Waals surface area contributed by atoms with Gasteiger partial charge in [0.25, 0.3) is 0 Å². The summed E-state index contributed by atoms with van der Waals surface area (Å²) in [5.41, 5.74) is 0.210. The zero-order chi connectivity index (χ0) is 39.7. The Morgan fingerprint density at radius 1 is 0.759 bits per heavy atom. The van der Waals surface area contributed by atoms with E-state index in [9.17, 15) is 29.1 Å². The topological polar surface area (TPSA) is 139 Å². The zero-order valence-corrected chi connectivity index (χ0v) is 34.9. The monoisotopic (exact) mass is 749 g/mol. The van der Waals surface area contributed by atoms with E-state index in [4.69, 9.17) is 4.74 Å². The third-order valence-electron chi connectivity index (χ3n) is 17.8. The molecule has 6 saturated carbocycles. The molecule has 0 saturated heterocycles. The van der Waals surface area contributed by atoms with Crippen LogP contribution in [0.5, 0.6) is 0 Å². The largest absolute Gasteiger partial charge is 0.481 e. The molecule has 9 heteroatoms. The minimum Gasteiger partial charge on any atom is -0.481 e. The number of Topliss-reactive ketones (excluding diaryl/α,β-unsaturated/α-hetero) is 1. The number of ether oxygens (including phenoxy) is 1. The molecule has 7 aliphatic rings. The Morgan fingerprint density at radius 2 is 1.39 bits per heavy atom. The molecular formula is C45H68N2O7. The molecule has 0 aromatic carbocycles. The van der Waals surface area contributed by atoms with Crippen molar-refractivity contribution in [2.24, 2.45) is 73.9 Å². The van der Waals surface area contributed by atoms with Crippen molar-refractivity contribution in [2.75, 3.05) is 0 Å². The number of carbonyl (C=O) groups excluding carboxylic acids is 4. The van der Waals surface area contributed by atoms with E-state index in [1.165, 1.54) is 5.57 Å². The summed E-state index contributed by atoms with van der Waals surface area (Å²) in [5.74, 6) is -1.44. The second kappa shape index (κ2) is 12.6. The van der Waals surface area contributed by atoms with Gasteiger partial charge < -0.3 is 20.5 Å². The van der Waals surface area contributed by atoms with Crippen LogP contribution in [0.4, 0.5) is 0 Å². The molecule has 0 heterocycles. The number of carboxylic acid groups (broad SMARTS) is 1. The van der Waals surface area contributed by atoms with Crippen LogP contribution < -0.4 is 10.6 Å². The fourth-order valence-electron chi connectivity index (χ4n) is 13.9. The van der Waals surface area contributed by atoms with Gasteiger partial charge in [-0.05, 0) is 135 Å². The summed E-state index contributed by atoms with van der Waals surface area (Å²) in [6.45, 7) is 23.5. The Hall–Kier alpha value is -2.71. The molecule has 300 valence electrons. The first-order valence-electron chi connectivity index (χ1n) is 21.3. The van der Waals surface area contributed by atoms with Crippen LogP contribution in [0.25, 0.3) is 0 Å². The van der Waals surface area contributed by atoms with Crippen LogP contribution in [0.3, 0.4) is 0 Å². The molecule has 7 aliphatic carbocycles. The third kappa shape index (κ3) is 5.52. The summed E-state index contributed by atoms with van der Waals surface area (Å²) in [5, 5.41) is 15.8. The van der Waals surface area contributed by atoms with E-state index in [-0.39, 0.29) is 81.0 Å². The summed E-state index contributed by atoms with van der Waals surface area (Å²) in [6, 6.07) is -0.470. The number of esters is 1. The van der Waals surface area contributed by atoms with Crippen molar-refractivity contribution in [1.82, 2.24) is 10.6 Å². The van der Waals surface area contributed by atoms with Gasteiger partial charge in [0, 0.05) is 17.4 Å². The van der Waals surface area contributed by atoms with Gasteiger partial charge in [0.05, 0.1) is 17.9 Å². The van der Waals surface area contributed by atoms with Crippen LogP contribution in [0.15, 0.2) is 11.1 Å². The maximum absolute atomic E-state index is 14.4. The zero-order valence-electron chi connectivity index (χ0n) is 34.9. The first-order valence-corrected chi connectivity index (χ1v) is 21.3. The highest BCUT2D eigenvalue weighted by molar-refractivity contribution is 6.09. The molecule has 7 rings (SSSR count). The minimum absolute atomic E-state index is 0.0115. The first kappa shape index (κ1) is 39.5. The standard InChI is InChI=1S/C45H68N2O7/c1-23(2)32-33-25(34(35(32)48)47-39(53)42(7,8)38(52)46-24-12-13-24)16-20-44(10)26(33)14-15-30-43(9)19-18-31(41(5,6)29(43)17-21-45(30,44)11)54-37(51)28-22-27(36(49)50)40(28,3)4/h23-31,34H,12-22H2,1-11H3,(H,46,52)(H,47,53)(H,49,50)/t25?,26-,27+,28-,29+,30-,31+,34+,43+,44-,45-/m1/s1. The molecule has 3 N–H and O–H groups in total. The number of fused-ring (bicyclic) bond motifs is 7. The highest BCUT2D eigenvalue weighted by Crippen LogP contribution is 2.75. The number of rotatable bonds is 8. The first-order chi connectivity index (χ1) is 24.9. The average Bonchev–Trinajstić information content (AvgIpc) is 3.83. The number of aliphatic carboxylic acids is 1. The van der Waals surface area contributed by atoms with Gasteiger partial charge in [0.2, 0.25) is 11.8 Å². The molecule has 0 spiro atoms. The van der Waals surface area contributed by atoms with E-state index in [0.717, 1.165) is 69.8 Å². The van der Waals surface area contributed by atoms with Crippen molar-refractivity contribution in [3.63, 3.8) is 0 Å². The lowest BCUT2D eigenvalue weighted by Gasteiger charge is -2.71. The van der Waals surface area contributed by atoms with Crippen LogP contribution in [0.1, 0.15) is 147 Å². The van der Waals surface area contributed by atoms with E-state index >= 15 is 0 Å². The quantitative estimate of drug-likeness (QED) is 0.171. The minimum atomic E-state index is -1.27. The molecule has 1 unspecified atom stereocenters. The summed E-state index contributed by atoms with van der Waals surface area (Å²) in [7, 11) is 0. The molecule has 2 amide bonds. The molecule has 0 bridgehead atoms. The van der Waals surface area contributed by atoms with Crippen LogP contribution in [0, 0.1) is 73.9 Å². The lowest BCUT2D eigenvalue weighted by molar-refractivity contribution is -0.235. The molecule has 0 aliphatic heterocycles. The Bertz CT molecular complexity index is 1670. The molecule has 9 nitrogen and oxygen atoms in total. The van der Waals surface area contributed by atoms with Crippen molar-refractivity contribution in [3.05, 3.63) is 11.1 Å². The van der Waals surface area contributed by atoms with Crippen molar-refractivity contribution in [3.8, 4) is 0 Å². The SMILES string of the molecule is CC(C)C1=C2C(CC[C@]3(C)[C@@H]2CC[C@@H]2[C@@]4(C)CC[C@H](OC(=O)[C@H]5C[C@@H](C(=O)O)C5(C)C)C(C)(C)[C@@H]4CC[C@]23C)[C@H](NC(=O)C(C)(C)C(=O)NC2CC2)C1=O. The maximum Gasteiger partial charge on any atom is 0.309 e. The van der Waals surface area contributed by atoms with Crippen molar-refractivity contribution >= 4 is 29.5 Å². The van der Waals surface area contributed by atoms with Gasteiger partial charge in [-0.3, -0.25) is 24.0 Å². The van der Waals surface area contributed by atoms with E-state index < -0.39 is 28.8 Å². The molecule has 0 aromatic heterocycles. The molecule has 54 heavy (non-hydrogen) atoms. The number of nitrogens with one attached hydrogen (secondary N) is 2. The van der Waals surface area contributed by atoms with E-state index in [2.05, 4.69) is 59.1 Å². The molecule has 11 atom stereocenters. The highest BCUT2D eigenvalue weighted by Gasteiger charge is 2.69. The number of carboxylic acids is 1. The van der Waals surface area contributed by atoms with Gasteiger partial charge in [-0.25, -0.2) is 0 Å². The van der Waals surface area contributed by atoms with Crippen LogP contribution in [-0.2, 0) is 28.7 Å². The van der Waals surface area contributed by atoms with Gasteiger partial charge >= 0.3 is 11.9 Å². The number of hydrogen-bond acceptors (Lipinski definition) is 6. The Balaban J connectivity index is 1.11. The van der Waals surface area contributed by atoms with Crippen LogP contribution in [-0.4, -0.2) is 52.8 Å². The maximum atomic E-state index is 14.4. The molecule has 0 aromatic rings. The van der Waals surface area contributed by atoms with E-state index in [0.29, 0.717) is 18.3 Å². The van der Waals surface area contributed by atoms with E-state index in [1.807, 2.05) is 13.8 Å². The Labute approximate surface area is 323 Å². The van der Waals surface area contributed by atoms with Gasteiger partial charge in [0.1, 0.15) is 11.5 Å². The second-order valence-electron chi connectivity index (χ2n) is 21.8. The lowest BCUT2D eigenvalue weighted by Crippen LogP contribution is -2.65. The van der Waals surface area contributed by atoms with Gasteiger partial charge in [-0.2, -0.15) is 0 Å². The predicted octanol–water partition coefficient (Wildman–Crippen LogP) is 7.66. The predicted molar refractivity (Wildman–Crippen MR) is 206 cm³/mol. The smallest absolute Gasteiger partial charge is 0.309 e. The lowest BCUT2D eigenvalue weighted by atomic mass is 9.33. The van der Waals surface area contributed by atoms with Crippen LogP contribution in [0.2, 0.25) is 0 Å². The fraction of sp³-hybridized carbons (Fsp3) is 0.844. The highest BCUT2D eigenvalue weighted by atomic mass is 16.5. The van der Waals surface area contributed by atoms with Gasteiger partial charge in [-0.15, -0.1) is 0 Å². The Kier molecular flexibility index (Phi) is 9.26. The molecule has 6 fully saturated rings. The van der Waals surface area contributed by atoms with Crippen molar-refractivity contribution in [2.45, 2.75) is 165 Å². The van der Waals surface area contributed by atoms with Gasteiger partial charge in [0.15, 0.2) is 5.78 Å². The number of hydrogen-bond donors (Lipinski definition) is 3. The third-order valence-corrected chi connectivity index (χ3v) is 17.8. The summed E-state index contributed by atoms with van der Waals surface area (Å²) >= 11 is 0. The fourth-order valence-corrected chi connectivity index (χ4v) is 13.9. The summed E-state index contributed by atoms with van der Waals surface area (Å²) < 4.78 is 6.40. The number of ketones is 1. The average molecular weight is 749 g/mol. The number of amides is 2. The molecule has 0 radical (unpaired) electrons. The van der Waals surface area contributed by atoms with Crippen molar-refractivity contribution < 1.29 is 33.8 Å². The number of carbonyl (C=O) groups is 5. The van der Waals surface area contributed by atoms with Crippen molar-refractivity contribution in [1.29, 1.82) is 0 Å². The van der Waals surface area contributed by atoms with Crippen LogP contribution >= 0.6 is 0 Å². The second-order valence-corrected chi connectivity index (χ2v) is 21.8. The van der Waals surface area contributed by atoms with Gasteiger partial charge in [-0.1, -0.05) is 67.9 Å². The molecular weight excluding hydrogens is 681 g/mol. The normalized spacial score (nSPS) is 42.1. The Morgan fingerprint density at radius 3 is 1.98 bits per heavy atom. The summed E-state index contributed by atoms with van der Waals surface area (Å²) in [4.78, 5) is 66.6. The van der Waals surface area contributed by atoms with E-state index in [1.54, 1.807) is 13.8 Å².